The predicted octanol–water partition coefficient (Wildman–Crippen LogP) is 2.03. The molecule has 2 fully saturated rings. The van der Waals surface area contributed by atoms with Crippen molar-refractivity contribution < 1.29 is 14.7 Å². The highest BCUT2D eigenvalue weighted by Crippen LogP contribution is 2.28. The normalized spacial score (nSPS) is 27.7. The van der Waals surface area contributed by atoms with Gasteiger partial charge in [0, 0.05) is 25.4 Å². The first kappa shape index (κ1) is 15.5. The minimum Gasteiger partial charge on any atom is -0.481 e. The van der Waals surface area contributed by atoms with Crippen molar-refractivity contribution in [1.82, 2.24) is 10.2 Å². The lowest BCUT2D eigenvalue weighted by Gasteiger charge is -2.27. The molecular weight excluding hydrogens is 276 g/mol. The molecule has 0 aromatic carbocycles. The number of carboxylic acid groups (broad SMARTS) is 1. The minimum absolute atomic E-state index is 0.0489. The molecule has 0 atom stereocenters. The highest BCUT2D eigenvalue weighted by atomic mass is 32.2. The minimum atomic E-state index is -0.672. The third-order valence-electron chi connectivity index (χ3n) is 4.25. The van der Waals surface area contributed by atoms with Crippen LogP contribution in [-0.4, -0.2) is 53.1 Å². The molecular formula is C14H24N2O3S. The van der Waals surface area contributed by atoms with Gasteiger partial charge in [-0.2, -0.15) is 11.8 Å². The zero-order valence-corrected chi connectivity index (χ0v) is 12.7. The number of nitrogens with one attached hydrogen (secondary N) is 1. The van der Waals surface area contributed by atoms with Crippen molar-refractivity contribution >= 4 is 23.8 Å². The fourth-order valence-corrected chi connectivity index (χ4v) is 3.79. The first-order valence-electron chi connectivity index (χ1n) is 7.50. The lowest BCUT2D eigenvalue weighted by atomic mass is 9.82. The molecule has 0 aromatic rings. The maximum Gasteiger partial charge on any atom is 0.317 e. The van der Waals surface area contributed by atoms with E-state index in [1.165, 1.54) is 0 Å². The standard InChI is InChI=1S/C14H24N2O3S/c17-13(18)12-4-2-11(3-5-12)10-15-14(19)16-6-1-8-20-9-7-16/h11-12H,1-10H2,(H,15,19)(H,17,18). The van der Waals surface area contributed by atoms with Crippen molar-refractivity contribution in [3.8, 4) is 0 Å². The van der Waals surface area contributed by atoms with Crippen LogP contribution in [0.2, 0.25) is 0 Å². The molecule has 20 heavy (non-hydrogen) atoms. The molecule has 1 aliphatic carbocycles. The first-order valence-corrected chi connectivity index (χ1v) is 8.65. The van der Waals surface area contributed by atoms with E-state index in [4.69, 9.17) is 5.11 Å². The predicted molar refractivity (Wildman–Crippen MR) is 80.0 cm³/mol. The van der Waals surface area contributed by atoms with Crippen LogP contribution < -0.4 is 5.32 Å². The van der Waals surface area contributed by atoms with Gasteiger partial charge in [-0.25, -0.2) is 4.79 Å². The molecule has 1 saturated carbocycles. The Morgan fingerprint density at radius 1 is 1.15 bits per heavy atom. The first-order chi connectivity index (χ1) is 9.66. The summed E-state index contributed by atoms with van der Waals surface area (Å²) in [5.74, 6) is 1.76. The van der Waals surface area contributed by atoms with E-state index in [1.807, 2.05) is 16.7 Å². The number of carbonyl (C=O) groups excluding carboxylic acids is 1. The SMILES string of the molecule is O=C(O)C1CCC(CNC(=O)N2CCCSCC2)CC1. The molecule has 1 aliphatic heterocycles. The van der Waals surface area contributed by atoms with Gasteiger partial charge in [0.2, 0.25) is 0 Å². The Labute approximate surface area is 124 Å². The Morgan fingerprint density at radius 3 is 2.60 bits per heavy atom. The van der Waals surface area contributed by atoms with E-state index in [0.717, 1.165) is 56.7 Å². The van der Waals surface area contributed by atoms with Gasteiger partial charge in [0.15, 0.2) is 0 Å². The summed E-state index contributed by atoms with van der Waals surface area (Å²) in [6.45, 7) is 2.38. The summed E-state index contributed by atoms with van der Waals surface area (Å²) in [6, 6.07) is 0.0489. The van der Waals surface area contributed by atoms with Crippen molar-refractivity contribution in [1.29, 1.82) is 0 Å². The molecule has 114 valence electrons. The monoisotopic (exact) mass is 300 g/mol. The number of carbonyl (C=O) groups is 2. The van der Waals surface area contributed by atoms with Gasteiger partial charge in [0.1, 0.15) is 0 Å². The number of carboxylic acids is 1. The maximum absolute atomic E-state index is 12.1. The van der Waals surface area contributed by atoms with E-state index in [-0.39, 0.29) is 11.9 Å². The number of urea groups is 1. The fraction of sp³-hybridized carbons (Fsp3) is 0.857. The molecule has 2 N–H and O–H groups in total. The number of rotatable bonds is 3. The second-order valence-electron chi connectivity index (χ2n) is 5.69. The van der Waals surface area contributed by atoms with Crippen LogP contribution in [0.25, 0.3) is 0 Å². The molecule has 0 radical (unpaired) electrons. The molecule has 0 aromatic heterocycles. The van der Waals surface area contributed by atoms with Crippen molar-refractivity contribution in [2.24, 2.45) is 11.8 Å². The van der Waals surface area contributed by atoms with E-state index < -0.39 is 5.97 Å². The molecule has 2 aliphatic rings. The number of hydrogen-bond donors (Lipinski definition) is 2. The summed E-state index contributed by atoms with van der Waals surface area (Å²) in [4.78, 5) is 24.9. The van der Waals surface area contributed by atoms with Crippen LogP contribution in [0.3, 0.4) is 0 Å². The molecule has 6 heteroatoms. The largest absolute Gasteiger partial charge is 0.481 e. The summed E-state index contributed by atoms with van der Waals surface area (Å²) < 4.78 is 0. The molecule has 0 unspecified atom stereocenters. The van der Waals surface area contributed by atoms with Crippen LogP contribution in [0.15, 0.2) is 0 Å². The van der Waals surface area contributed by atoms with Gasteiger partial charge in [-0.05, 0) is 43.8 Å². The Balaban J connectivity index is 1.67. The van der Waals surface area contributed by atoms with Gasteiger partial charge < -0.3 is 15.3 Å². The van der Waals surface area contributed by atoms with Crippen LogP contribution in [-0.2, 0) is 4.79 Å². The zero-order valence-electron chi connectivity index (χ0n) is 11.8. The van der Waals surface area contributed by atoms with Crippen LogP contribution in [0.5, 0.6) is 0 Å². The number of amides is 2. The summed E-state index contributed by atoms with van der Waals surface area (Å²) in [5, 5.41) is 12.0. The van der Waals surface area contributed by atoms with Gasteiger partial charge >= 0.3 is 12.0 Å². The molecule has 2 rings (SSSR count). The average molecular weight is 300 g/mol. The van der Waals surface area contributed by atoms with Gasteiger partial charge in [0.05, 0.1) is 5.92 Å². The molecule has 2 amide bonds. The number of nitrogens with zero attached hydrogens (tertiary/aromatic N) is 1. The Kier molecular flexibility index (Phi) is 6.01. The highest BCUT2D eigenvalue weighted by Gasteiger charge is 2.26. The third kappa shape index (κ3) is 4.58. The molecule has 0 bridgehead atoms. The fourth-order valence-electron chi connectivity index (χ4n) is 2.91. The van der Waals surface area contributed by atoms with E-state index >= 15 is 0 Å². The quantitative estimate of drug-likeness (QED) is 0.836. The lowest BCUT2D eigenvalue weighted by Crippen LogP contribution is -2.43. The summed E-state index contributed by atoms with van der Waals surface area (Å²) in [6.07, 6.45) is 4.38. The maximum atomic E-state index is 12.1. The number of hydrogen-bond acceptors (Lipinski definition) is 3. The Hall–Kier alpha value is -0.910. The second kappa shape index (κ2) is 7.76. The number of thioether (sulfide) groups is 1. The lowest BCUT2D eigenvalue weighted by molar-refractivity contribution is -0.143. The van der Waals surface area contributed by atoms with Gasteiger partial charge in [-0.15, -0.1) is 0 Å². The molecule has 1 heterocycles. The van der Waals surface area contributed by atoms with Crippen LogP contribution in [0.4, 0.5) is 4.79 Å². The second-order valence-corrected chi connectivity index (χ2v) is 6.92. The van der Waals surface area contributed by atoms with Crippen molar-refractivity contribution in [2.45, 2.75) is 32.1 Å². The smallest absolute Gasteiger partial charge is 0.317 e. The van der Waals surface area contributed by atoms with E-state index in [0.29, 0.717) is 12.5 Å². The van der Waals surface area contributed by atoms with Crippen LogP contribution in [0.1, 0.15) is 32.1 Å². The Bertz CT molecular complexity index is 335. The topological polar surface area (TPSA) is 69.6 Å². The van der Waals surface area contributed by atoms with Gasteiger partial charge in [0.25, 0.3) is 0 Å². The van der Waals surface area contributed by atoms with Gasteiger partial charge in [-0.3, -0.25) is 4.79 Å². The van der Waals surface area contributed by atoms with E-state index in [2.05, 4.69) is 5.32 Å². The number of aliphatic carboxylic acids is 1. The molecule has 1 saturated heterocycles. The average Bonchev–Trinajstić information content (AvgIpc) is 2.74. The Morgan fingerprint density at radius 2 is 1.90 bits per heavy atom. The third-order valence-corrected chi connectivity index (χ3v) is 5.30. The van der Waals surface area contributed by atoms with Crippen molar-refractivity contribution in [3.05, 3.63) is 0 Å². The zero-order chi connectivity index (χ0) is 14.4. The van der Waals surface area contributed by atoms with Gasteiger partial charge in [-0.1, -0.05) is 0 Å². The van der Waals surface area contributed by atoms with E-state index in [1.54, 1.807) is 0 Å². The van der Waals surface area contributed by atoms with Crippen molar-refractivity contribution in [3.63, 3.8) is 0 Å². The summed E-state index contributed by atoms with van der Waals surface area (Å²) in [7, 11) is 0. The van der Waals surface area contributed by atoms with Crippen molar-refractivity contribution in [2.75, 3.05) is 31.1 Å². The summed E-state index contributed by atoms with van der Waals surface area (Å²) >= 11 is 1.91. The van der Waals surface area contributed by atoms with Crippen LogP contribution in [0, 0.1) is 11.8 Å². The molecule has 5 nitrogen and oxygen atoms in total. The molecule has 0 spiro atoms. The van der Waals surface area contributed by atoms with E-state index in [9.17, 15) is 9.59 Å². The van der Waals surface area contributed by atoms with Crippen LogP contribution >= 0.6 is 11.8 Å². The summed E-state index contributed by atoms with van der Waals surface area (Å²) in [5.41, 5.74) is 0. The highest BCUT2D eigenvalue weighted by molar-refractivity contribution is 7.99.